The van der Waals surface area contributed by atoms with Gasteiger partial charge in [0.25, 0.3) is 0 Å². The molecule has 0 aliphatic rings. The highest BCUT2D eigenvalue weighted by Crippen LogP contribution is 2.18. The zero-order valence-corrected chi connectivity index (χ0v) is 9.22. The number of rotatable bonds is 4. The first-order valence-electron chi connectivity index (χ1n) is 4.71. The van der Waals surface area contributed by atoms with E-state index >= 15 is 0 Å². The van der Waals surface area contributed by atoms with E-state index in [9.17, 15) is 0 Å². The van der Waals surface area contributed by atoms with Crippen molar-refractivity contribution in [2.24, 2.45) is 0 Å². The number of anilines is 1. The van der Waals surface area contributed by atoms with Crippen LogP contribution < -0.4 is 4.90 Å². The fourth-order valence-electron chi connectivity index (χ4n) is 1.49. The van der Waals surface area contributed by atoms with Crippen LogP contribution in [0.15, 0.2) is 24.3 Å². The Morgan fingerprint density at radius 2 is 2.00 bits per heavy atom. The molecular formula is C11H17NS. The summed E-state index contributed by atoms with van der Waals surface area (Å²) in [5, 5.41) is 0. The summed E-state index contributed by atoms with van der Waals surface area (Å²) in [5.74, 6) is 0.905. The Bertz CT molecular complexity index is 260. The second-order valence-electron chi connectivity index (χ2n) is 3.09. The van der Waals surface area contributed by atoms with E-state index in [1.54, 1.807) is 0 Å². The first-order valence-corrected chi connectivity index (χ1v) is 5.34. The van der Waals surface area contributed by atoms with Gasteiger partial charge in [-0.1, -0.05) is 18.2 Å². The summed E-state index contributed by atoms with van der Waals surface area (Å²) in [7, 11) is 0. The van der Waals surface area contributed by atoms with E-state index in [1.165, 1.54) is 11.3 Å². The number of para-hydroxylation sites is 1. The molecule has 1 aromatic rings. The van der Waals surface area contributed by atoms with Crippen LogP contribution >= 0.6 is 12.6 Å². The van der Waals surface area contributed by atoms with Crippen molar-refractivity contribution in [3.8, 4) is 0 Å². The molecule has 1 rings (SSSR count). The third-order valence-electron chi connectivity index (χ3n) is 2.21. The maximum atomic E-state index is 4.26. The molecule has 0 aliphatic carbocycles. The minimum absolute atomic E-state index is 0.905. The number of hydrogen-bond acceptors (Lipinski definition) is 2. The highest BCUT2D eigenvalue weighted by Gasteiger charge is 2.04. The van der Waals surface area contributed by atoms with Crippen LogP contribution in [-0.4, -0.2) is 18.8 Å². The smallest absolute Gasteiger partial charge is 0.0396 e. The van der Waals surface area contributed by atoms with Gasteiger partial charge in [-0.05, 0) is 25.5 Å². The molecule has 0 N–H and O–H groups in total. The summed E-state index contributed by atoms with van der Waals surface area (Å²) in [6, 6.07) is 8.48. The van der Waals surface area contributed by atoms with Crippen molar-refractivity contribution in [3.05, 3.63) is 29.8 Å². The van der Waals surface area contributed by atoms with E-state index in [2.05, 4.69) is 55.6 Å². The molecule has 0 spiro atoms. The van der Waals surface area contributed by atoms with Crippen LogP contribution in [0.5, 0.6) is 0 Å². The lowest BCUT2D eigenvalue weighted by Gasteiger charge is -2.23. The molecule has 0 atom stereocenters. The highest BCUT2D eigenvalue weighted by atomic mass is 32.1. The molecule has 1 aromatic carbocycles. The minimum atomic E-state index is 0.905. The summed E-state index contributed by atoms with van der Waals surface area (Å²) < 4.78 is 0. The average molecular weight is 195 g/mol. The topological polar surface area (TPSA) is 3.24 Å². The zero-order chi connectivity index (χ0) is 9.68. The van der Waals surface area contributed by atoms with Gasteiger partial charge in [0.15, 0.2) is 0 Å². The van der Waals surface area contributed by atoms with Gasteiger partial charge in [-0.15, -0.1) is 0 Å². The Morgan fingerprint density at radius 1 is 1.31 bits per heavy atom. The van der Waals surface area contributed by atoms with Crippen LogP contribution in [0.1, 0.15) is 12.5 Å². The summed E-state index contributed by atoms with van der Waals surface area (Å²) in [4.78, 5) is 2.35. The summed E-state index contributed by atoms with van der Waals surface area (Å²) in [6.07, 6.45) is 0. The third-order valence-corrected chi connectivity index (χ3v) is 2.41. The second kappa shape index (κ2) is 5.18. The predicted octanol–water partition coefficient (Wildman–Crippen LogP) is 2.75. The Balaban J connectivity index is 2.84. The van der Waals surface area contributed by atoms with Gasteiger partial charge >= 0.3 is 0 Å². The maximum absolute atomic E-state index is 4.26. The molecule has 0 amide bonds. The van der Waals surface area contributed by atoms with E-state index in [0.717, 1.165) is 18.8 Å². The summed E-state index contributed by atoms with van der Waals surface area (Å²) in [5.41, 5.74) is 2.67. The van der Waals surface area contributed by atoms with Crippen molar-refractivity contribution in [2.45, 2.75) is 13.8 Å². The predicted molar refractivity (Wildman–Crippen MR) is 62.9 cm³/mol. The molecule has 1 nitrogen and oxygen atoms in total. The van der Waals surface area contributed by atoms with E-state index in [-0.39, 0.29) is 0 Å². The van der Waals surface area contributed by atoms with Gasteiger partial charge in [-0.3, -0.25) is 0 Å². The van der Waals surface area contributed by atoms with Crippen molar-refractivity contribution < 1.29 is 0 Å². The lowest BCUT2D eigenvalue weighted by molar-refractivity contribution is 0.869. The molecule has 13 heavy (non-hydrogen) atoms. The van der Waals surface area contributed by atoms with Gasteiger partial charge in [-0.2, -0.15) is 12.6 Å². The van der Waals surface area contributed by atoms with E-state index in [1.807, 2.05) is 0 Å². The van der Waals surface area contributed by atoms with Gasteiger partial charge < -0.3 is 4.90 Å². The molecule has 0 heterocycles. The average Bonchev–Trinajstić information content (AvgIpc) is 2.16. The van der Waals surface area contributed by atoms with Crippen molar-refractivity contribution in [1.82, 2.24) is 0 Å². The maximum Gasteiger partial charge on any atom is 0.0396 e. The van der Waals surface area contributed by atoms with Crippen LogP contribution in [0.3, 0.4) is 0 Å². The largest absolute Gasteiger partial charge is 0.371 e. The van der Waals surface area contributed by atoms with E-state index in [0.29, 0.717) is 0 Å². The molecule has 0 aromatic heterocycles. The fourth-order valence-corrected chi connectivity index (χ4v) is 1.73. The summed E-state index contributed by atoms with van der Waals surface area (Å²) >= 11 is 4.26. The van der Waals surface area contributed by atoms with Gasteiger partial charge in [0, 0.05) is 24.5 Å². The van der Waals surface area contributed by atoms with Crippen molar-refractivity contribution in [2.75, 3.05) is 23.7 Å². The molecule has 0 aliphatic heterocycles. The van der Waals surface area contributed by atoms with Gasteiger partial charge in [0.05, 0.1) is 0 Å². The molecule has 2 heteroatoms. The number of hydrogen-bond donors (Lipinski definition) is 1. The third kappa shape index (κ3) is 2.66. The quantitative estimate of drug-likeness (QED) is 0.723. The first kappa shape index (κ1) is 10.5. The summed E-state index contributed by atoms with van der Waals surface area (Å²) in [6.45, 7) is 6.39. The normalized spacial score (nSPS) is 10.1. The molecular weight excluding hydrogens is 178 g/mol. The molecule has 0 radical (unpaired) electrons. The number of thiol groups is 1. The number of aryl methyl sites for hydroxylation is 1. The lowest BCUT2D eigenvalue weighted by atomic mass is 10.2. The monoisotopic (exact) mass is 195 g/mol. The Kier molecular flexibility index (Phi) is 4.16. The molecule has 0 fully saturated rings. The molecule has 0 saturated carbocycles. The van der Waals surface area contributed by atoms with E-state index in [4.69, 9.17) is 0 Å². The van der Waals surface area contributed by atoms with E-state index < -0.39 is 0 Å². The van der Waals surface area contributed by atoms with Crippen molar-refractivity contribution >= 4 is 18.3 Å². The minimum Gasteiger partial charge on any atom is -0.371 e. The van der Waals surface area contributed by atoms with Crippen LogP contribution in [0.25, 0.3) is 0 Å². The lowest BCUT2D eigenvalue weighted by Crippen LogP contribution is -2.25. The van der Waals surface area contributed by atoms with Gasteiger partial charge in [0.2, 0.25) is 0 Å². The van der Waals surface area contributed by atoms with Gasteiger partial charge in [0.1, 0.15) is 0 Å². The van der Waals surface area contributed by atoms with Crippen molar-refractivity contribution in [1.29, 1.82) is 0 Å². The van der Waals surface area contributed by atoms with Crippen LogP contribution in [0.2, 0.25) is 0 Å². The molecule has 0 bridgehead atoms. The number of nitrogens with zero attached hydrogens (tertiary/aromatic N) is 1. The van der Waals surface area contributed by atoms with Crippen LogP contribution in [0, 0.1) is 6.92 Å². The van der Waals surface area contributed by atoms with Crippen LogP contribution in [-0.2, 0) is 0 Å². The van der Waals surface area contributed by atoms with Crippen LogP contribution in [0.4, 0.5) is 5.69 Å². The fraction of sp³-hybridized carbons (Fsp3) is 0.455. The first-order chi connectivity index (χ1) is 6.29. The number of benzene rings is 1. The second-order valence-corrected chi connectivity index (χ2v) is 3.54. The standard InChI is InChI=1S/C11H17NS/c1-3-12(8-9-13)11-7-5-4-6-10(11)2/h4-7,13H,3,8-9H2,1-2H3. The molecule has 0 saturated heterocycles. The Morgan fingerprint density at radius 3 is 2.54 bits per heavy atom. The Labute approximate surface area is 86.2 Å². The molecule has 0 unspecified atom stereocenters. The SMILES string of the molecule is CCN(CCS)c1ccccc1C. The van der Waals surface area contributed by atoms with Crippen molar-refractivity contribution in [3.63, 3.8) is 0 Å². The molecule has 72 valence electrons. The van der Waals surface area contributed by atoms with Gasteiger partial charge in [-0.25, -0.2) is 0 Å². The Hall–Kier alpha value is -0.630. The zero-order valence-electron chi connectivity index (χ0n) is 8.33. The highest BCUT2D eigenvalue weighted by molar-refractivity contribution is 7.80.